The number of aromatic nitrogens is 1. The van der Waals surface area contributed by atoms with Gasteiger partial charge in [0.2, 0.25) is 0 Å². The molecule has 2 heterocycles. The van der Waals surface area contributed by atoms with E-state index in [1.54, 1.807) is 0 Å². The van der Waals surface area contributed by atoms with Gasteiger partial charge < -0.3 is 14.6 Å². The zero-order chi connectivity index (χ0) is 11.4. The highest BCUT2D eigenvalue weighted by atomic mass is 19.1. The normalized spacial score (nSPS) is 17.4. The van der Waals surface area contributed by atoms with Crippen molar-refractivity contribution >= 4 is 0 Å². The second kappa shape index (κ2) is 5.23. The zero-order valence-electron chi connectivity index (χ0n) is 8.86. The van der Waals surface area contributed by atoms with Gasteiger partial charge in [0.1, 0.15) is 6.10 Å². The molecule has 0 aromatic carbocycles. The summed E-state index contributed by atoms with van der Waals surface area (Å²) in [4.78, 5) is 3.83. The number of hydrogen-bond acceptors (Lipinski definition) is 4. The van der Waals surface area contributed by atoms with Gasteiger partial charge in [0.25, 0.3) is 5.88 Å². The number of halogens is 1. The monoisotopic (exact) mass is 227 g/mol. The summed E-state index contributed by atoms with van der Waals surface area (Å²) in [7, 11) is 0. The van der Waals surface area contributed by atoms with Crippen LogP contribution < -0.4 is 4.74 Å². The molecule has 1 aliphatic rings. The molecule has 5 heteroatoms. The summed E-state index contributed by atoms with van der Waals surface area (Å²) in [5.41, 5.74) is 0.206. The topological polar surface area (TPSA) is 51.6 Å². The molecule has 0 aliphatic carbocycles. The van der Waals surface area contributed by atoms with E-state index in [1.807, 2.05) is 0 Å². The summed E-state index contributed by atoms with van der Waals surface area (Å²) < 4.78 is 24.3. The van der Waals surface area contributed by atoms with Gasteiger partial charge in [-0.15, -0.1) is 0 Å². The number of nitrogens with zero attached hydrogens (tertiary/aromatic N) is 1. The number of aliphatic hydroxyl groups is 1. The first-order valence-corrected chi connectivity index (χ1v) is 5.30. The zero-order valence-corrected chi connectivity index (χ0v) is 8.86. The number of hydrogen-bond donors (Lipinski definition) is 1. The molecule has 2 rings (SSSR count). The van der Waals surface area contributed by atoms with Gasteiger partial charge in [-0.05, 0) is 6.07 Å². The smallest absolute Gasteiger partial charge is 0.251 e. The molecule has 1 aromatic rings. The Hall–Kier alpha value is -1.20. The lowest BCUT2D eigenvalue weighted by Gasteiger charge is -2.23. The van der Waals surface area contributed by atoms with Gasteiger partial charge >= 0.3 is 0 Å². The molecular formula is C11H14FNO3. The van der Waals surface area contributed by atoms with E-state index in [9.17, 15) is 4.39 Å². The SMILES string of the molecule is OCc1ccnc(OC2CCOCC2)c1F. The van der Waals surface area contributed by atoms with Crippen molar-refractivity contribution in [3.8, 4) is 5.88 Å². The van der Waals surface area contributed by atoms with Crippen LogP contribution in [-0.4, -0.2) is 29.4 Å². The van der Waals surface area contributed by atoms with Gasteiger partial charge in [0.15, 0.2) is 5.82 Å². The standard InChI is InChI=1S/C11H14FNO3/c12-10-8(7-14)1-4-13-11(10)16-9-2-5-15-6-3-9/h1,4,9,14H,2-3,5-7H2. The molecule has 1 saturated heterocycles. The van der Waals surface area contributed by atoms with Gasteiger partial charge in [-0.1, -0.05) is 0 Å². The number of aliphatic hydroxyl groups excluding tert-OH is 1. The first kappa shape index (κ1) is 11.3. The van der Waals surface area contributed by atoms with Crippen LogP contribution in [0.25, 0.3) is 0 Å². The summed E-state index contributed by atoms with van der Waals surface area (Å²) in [6.45, 7) is 0.913. The Balaban J connectivity index is 2.08. The summed E-state index contributed by atoms with van der Waals surface area (Å²) >= 11 is 0. The Morgan fingerprint density at radius 1 is 1.50 bits per heavy atom. The van der Waals surface area contributed by atoms with Crippen molar-refractivity contribution in [2.45, 2.75) is 25.6 Å². The van der Waals surface area contributed by atoms with E-state index in [1.165, 1.54) is 12.3 Å². The van der Waals surface area contributed by atoms with E-state index in [4.69, 9.17) is 14.6 Å². The van der Waals surface area contributed by atoms with Crippen LogP contribution in [0.4, 0.5) is 4.39 Å². The molecule has 0 bridgehead atoms. The highest BCUT2D eigenvalue weighted by Crippen LogP contribution is 2.21. The van der Waals surface area contributed by atoms with Crippen LogP contribution >= 0.6 is 0 Å². The molecular weight excluding hydrogens is 213 g/mol. The molecule has 0 radical (unpaired) electrons. The average Bonchev–Trinajstić information content (AvgIpc) is 2.33. The summed E-state index contributed by atoms with van der Waals surface area (Å²) in [6.07, 6.45) is 2.86. The van der Waals surface area contributed by atoms with Crippen molar-refractivity contribution in [1.29, 1.82) is 0 Å². The molecule has 1 aromatic heterocycles. The Bertz CT molecular complexity index is 353. The first-order chi connectivity index (χ1) is 7.81. The summed E-state index contributed by atoms with van der Waals surface area (Å²) in [5.74, 6) is -0.602. The molecule has 1 N–H and O–H groups in total. The lowest BCUT2D eigenvalue weighted by Crippen LogP contribution is -2.26. The number of pyridine rings is 1. The van der Waals surface area contributed by atoms with Gasteiger partial charge in [0.05, 0.1) is 19.8 Å². The van der Waals surface area contributed by atoms with Crippen molar-refractivity contribution in [2.24, 2.45) is 0 Å². The predicted molar refractivity (Wildman–Crippen MR) is 54.6 cm³/mol. The number of ether oxygens (including phenoxy) is 2. The van der Waals surface area contributed by atoms with E-state index < -0.39 is 5.82 Å². The van der Waals surface area contributed by atoms with Crippen LogP contribution in [0.2, 0.25) is 0 Å². The predicted octanol–water partition coefficient (Wildman–Crippen LogP) is 1.27. The molecule has 16 heavy (non-hydrogen) atoms. The fraction of sp³-hybridized carbons (Fsp3) is 0.545. The number of rotatable bonds is 3. The van der Waals surface area contributed by atoms with Crippen LogP contribution in [0.5, 0.6) is 5.88 Å². The van der Waals surface area contributed by atoms with Gasteiger partial charge in [-0.2, -0.15) is 0 Å². The minimum Gasteiger partial charge on any atom is -0.472 e. The highest BCUT2D eigenvalue weighted by Gasteiger charge is 2.18. The molecule has 1 aliphatic heterocycles. The van der Waals surface area contributed by atoms with E-state index in [0.29, 0.717) is 13.2 Å². The Morgan fingerprint density at radius 2 is 2.25 bits per heavy atom. The van der Waals surface area contributed by atoms with Crippen LogP contribution in [0, 0.1) is 5.82 Å². The third-order valence-electron chi connectivity index (χ3n) is 2.55. The van der Waals surface area contributed by atoms with Crippen LogP contribution in [0.1, 0.15) is 18.4 Å². The second-order valence-corrected chi connectivity index (χ2v) is 3.68. The van der Waals surface area contributed by atoms with Crippen LogP contribution in [-0.2, 0) is 11.3 Å². The van der Waals surface area contributed by atoms with Crippen molar-refractivity contribution < 1.29 is 19.0 Å². The molecule has 0 amide bonds. The summed E-state index contributed by atoms with van der Waals surface area (Å²) in [6, 6.07) is 1.44. The molecule has 0 atom stereocenters. The van der Waals surface area contributed by atoms with Gasteiger partial charge in [0, 0.05) is 24.6 Å². The molecule has 88 valence electrons. The highest BCUT2D eigenvalue weighted by molar-refractivity contribution is 5.23. The Morgan fingerprint density at radius 3 is 2.94 bits per heavy atom. The summed E-state index contributed by atoms with van der Waals surface area (Å²) in [5, 5.41) is 8.91. The minimum atomic E-state index is -0.573. The molecule has 1 fully saturated rings. The van der Waals surface area contributed by atoms with Crippen LogP contribution in [0.3, 0.4) is 0 Å². The lowest BCUT2D eigenvalue weighted by atomic mass is 10.1. The Kier molecular flexibility index (Phi) is 3.69. The van der Waals surface area contributed by atoms with Crippen molar-refractivity contribution in [1.82, 2.24) is 4.98 Å². The van der Waals surface area contributed by atoms with Crippen molar-refractivity contribution in [2.75, 3.05) is 13.2 Å². The third-order valence-corrected chi connectivity index (χ3v) is 2.55. The van der Waals surface area contributed by atoms with Crippen molar-refractivity contribution in [3.05, 3.63) is 23.6 Å². The van der Waals surface area contributed by atoms with E-state index >= 15 is 0 Å². The van der Waals surface area contributed by atoms with Crippen molar-refractivity contribution in [3.63, 3.8) is 0 Å². The maximum atomic E-state index is 13.6. The lowest BCUT2D eigenvalue weighted by molar-refractivity contribution is 0.0218. The fourth-order valence-electron chi connectivity index (χ4n) is 1.62. The quantitative estimate of drug-likeness (QED) is 0.844. The van der Waals surface area contributed by atoms with Gasteiger partial charge in [-0.3, -0.25) is 0 Å². The van der Waals surface area contributed by atoms with Crippen LogP contribution in [0.15, 0.2) is 12.3 Å². The van der Waals surface area contributed by atoms with E-state index in [0.717, 1.165) is 12.8 Å². The average molecular weight is 227 g/mol. The Labute approximate surface area is 93.0 Å². The molecule has 0 unspecified atom stereocenters. The molecule has 0 saturated carbocycles. The molecule has 4 nitrogen and oxygen atoms in total. The minimum absolute atomic E-state index is 0.0292. The fourth-order valence-corrected chi connectivity index (χ4v) is 1.62. The van der Waals surface area contributed by atoms with E-state index in [2.05, 4.69) is 4.98 Å². The van der Waals surface area contributed by atoms with Gasteiger partial charge in [-0.25, -0.2) is 9.37 Å². The van der Waals surface area contributed by atoms with E-state index in [-0.39, 0.29) is 24.2 Å². The maximum Gasteiger partial charge on any atom is 0.251 e. The largest absolute Gasteiger partial charge is 0.472 e. The maximum absolute atomic E-state index is 13.6. The second-order valence-electron chi connectivity index (χ2n) is 3.68. The molecule has 0 spiro atoms. The first-order valence-electron chi connectivity index (χ1n) is 5.30. The third kappa shape index (κ3) is 2.48.